The standard InChI is InChI=1S/C16H19F2N3O/c17-14(18)15-19-13-6-2-1-5-12(13)16(20-15)21-8-7-11(10-21)4-3-9-22/h1-2,5-6,11,14,22H,3-4,7-10H2. The number of anilines is 1. The van der Waals surface area contributed by atoms with Gasteiger partial charge in [0, 0.05) is 25.1 Å². The van der Waals surface area contributed by atoms with Gasteiger partial charge in [-0.1, -0.05) is 12.1 Å². The van der Waals surface area contributed by atoms with E-state index in [1.54, 1.807) is 12.1 Å². The first-order valence-corrected chi connectivity index (χ1v) is 7.59. The molecule has 1 saturated heterocycles. The molecule has 0 saturated carbocycles. The molecule has 1 N–H and O–H groups in total. The zero-order valence-corrected chi connectivity index (χ0v) is 12.3. The van der Waals surface area contributed by atoms with E-state index in [-0.39, 0.29) is 6.61 Å². The van der Waals surface area contributed by atoms with Gasteiger partial charge in [0.1, 0.15) is 5.82 Å². The average molecular weight is 307 g/mol. The summed E-state index contributed by atoms with van der Waals surface area (Å²) in [7, 11) is 0. The summed E-state index contributed by atoms with van der Waals surface area (Å²) in [6.45, 7) is 1.80. The number of alkyl halides is 2. The zero-order valence-electron chi connectivity index (χ0n) is 12.3. The van der Waals surface area contributed by atoms with Crippen molar-refractivity contribution < 1.29 is 13.9 Å². The summed E-state index contributed by atoms with van der Waals surface area (Å²) in [6.07, 6.45) is 0.0712. The lowest BCUT2D eigenvalue weighted by Crippen LogP contribution is -2.22. The number of rotatable bonds is 5. The third-order valence-electron chi connectivity index (χ3n) is 4.15. The molecule has 0 radical (unpaired) electrons. The molecule has 2 heterocycles. The lowest BCUT2D eigenvalue weighted by Gasteiger charge is -2.20. The monoisotopic (exact) mass is 307 g/mol. The molecule has 1 unspecified atom stereocenters. The number of fused-ring (bicyclic) bond motifs is 1. The molecule has 2 aromatic rings. The van der Waals surface area contributed by atoms with E-state index in [1.165, 1.54) is 0 Å². The number of aliphatic hydroxyl groups is 1. The molecule has 4 nitrogen and oxygen atoms in total. The Morgan fingerprint density at radius 2 is 2.09 bits per heavy atom. The highest BCUT2D eigenvalue weighted by molar-refractivity contribution is 5.89. The van der Waals surface area contributed by atoms with Crippen molar-refractivity contribution >= 4 is 16.7 Å². The van der Waals surface area contributed by atoms with E-state index in [0.717, 1.165) is 37.7 Å². The Morgan fingerprint density at radius 3 is 2.86 bits per heavy atom. The van der Waals surface area contributed by atoms with Crippen molar-refractivity contribution in [2.24, 2.45) is 5.92 Å². The zero-order chi connectivity index (χ0) is 15.5. The SMILES string of the molecule is OCCCC1CCN(c2nc(C(F)F)nc3ccccc23)C1. The molecular weight excluding hydrogens is 288 g/mol. The van der Waals surface area contributed by atoms with Crippen LogP contribution in [0.3, 0.4) is 0 Å². The van der Waals surface area contributed by atoms with E-state index in [4.69, 9.17) is 5.11 Å². The minimum absolute atomic E-state index is 0.197. The summed E-state index contributed by atoms with van der Waals surface area (Å²) >= 11 is 0. The minimum atomic E-state index is -2.67. The van der Waals surface area contributed by atoms with Crippen molar-refractivity contribution in [2.75, 3.05) is 24.6 Å². The lowest BCUT2D eigenvalue weighted by molar-refractivity contribution is 0.141. The maximum Gasteiger partial charge on any atom is 0.297 e. The molecule has 0 bridgehead atoms. The summed E-state index contributed by atoms with van der Waals surface area (Å²) in [5, 5.41) is 9.75. The number of benzene rings is 1. The Labute approximate surface area is 127 Å². The van der Waals surface area contributed by atoms with Gasteiger partial charge in [-0.15, -0.1) is 0 Å². The Balaban J connectivity index is 1.92. The largest absolute Gasteiger partial charge is 0.396 e. The van der Waals surface area contributed by atoms with Crippen molar-refractivity contribution in [3.63, 3.8) is 0 Å². The average Bonchev–Trinajstić information content (AvgIpc) is 3.00. The molecule has 22 heavy (non-hydrogen) atoms. The van der Waals surface area contributed by atoms with Crippen molar-refractivity contribution in [1.29, 1.82) is 0 Å². The van der Waals surface area contributed by atoms with Crippen molar-refractivity contribution in [3.8, 4) is 0 Å². The Hall–Kier alpha value is -1.82. The topological polar surface area (TPSA) is 49.2 Å². The van der Waals surface area contributed by atoms with Gasteiger partial charge in [0.05, 0.1) is 5.52 Å². The van der Waals surface area contributed by atoms with Gasteiger partial charge in [-0.3, -0.25) is 0 Å². The van der Waals surface area contributed by atoms with E-state index in [2.05, 4.69) is 14.9 Å². The molecule has 1 aliphatic heterocycles. The van der Waals surface area contributed by atoms with Gasteiger partial charge in [0.2, 0.25) is 0 Å². The maximum absolute atomic E-state index is 13.0. The molecular formula is C16H19F2N3O. The number of halogens is 2. The molecule has 1 atom stereocenters. The Kier molecular flexibility index (Phi) is 4.47. The number of aliphatic hydroxyl groups excluding tert-OH is 1. The summed E-state index contributed by atoms with van der Waals surface area (Å²) in [5.41, 5.74) is 0.557. The molecule has 3 rings (SSSR count). The van der Waals surface area contributed by atoms with Crippen LogP contribution in [0.5, 0.6) is 0 Å². The molecule has 0 amide bonds. The smallest absolute Gasteiger partial charge is 0.297 e. The number of para-hydroxylation sites is 1. The summed E-state index contributed by atoms with van der Waals surface area (Å²) in [5.74, 6) is 0.677. The number of hydrogen-bond acceptors (Lipinski definition) is 4. The second-order valence-corrected chi connectivity index (χ2v) is 5.69. The molecule has 118 valence electrons. The first-order valence-electron chi connectivity index (χ1n) is 7.59. The van der Waals surface area contributed by atoms with E-state index in [0.29, 0.717) is 17.3 Å². The molecule has 1 aliphatic rings. The first kappa shape index (κ1) is 15.1. The van der Waals surface area contributed by atoms with E-state index < -0.39 is 12.2 Å². The van der Waals surface area contributed by atoms with Crippen LogP contribution in [0.4, 0.5) is 14.6 Å². The predicted molar refractivity (Wildman–Crippen MR) is 81.1 cm³/mol. The highest BCUT2D eigenvalue weighted by Crippen LogP contribution is 2.31. The summed E-state index contributed by atoms with van der Waals surface area (Å²) < 4.78 is 26.1. The van der Waals surface area contributed by atoms with Crippen LogP contribution in [0, 0.1) is 5.92 Å². The molecule has 1 aromatic carbocycles. The summed E-state index contributed by atoms with van der Waals surface area (Å²) in [6, 6.07) is 7.28. The fourth-order valence-electron chi connectivity index (χ4n) is 3.06. The number of hydrogen-bond donors (Lipinski definition) is 1. The van der Waals surface area contributed by atoms with Crippen molar-refractivity contribution in [1.82, 2.24) is 9.97 Å². The van der Waals surface area contributed by atoms with Crippen LogP contribution < -0.4 is 4.90 Å². The molecule has 1 fully saturated rings. The molecule has 0 spiro atoms. The molecule has 1 aromatic heterocycles. The van der Waals surface area contributed by atoms with Crippen LogP contribution in [-0.4, -0.2) is 34.8 Å². The fraction of sp³-hybridized carbons (Fsp3) is 0.500. The lowest BCUT2D eigenvalue weighted by atomic mass is 10.0. The van der Waals surface area contributed by atoms with Gasteiger partial charge >= 0.3 is 0 Å². The van der Waals surface area contributed by atoms with Gasteiger partial charge < -0.3 is 10.0 Å². The number of aromatic nitrogens is 2. The quantitative estimate of drug-likeness (QED) is 0.922. The summed E-state index contributed by atoms with van der Waals surface area (Å²) in [4.78, 5) is 10.1. The maximum atomic E-state index is 13.0. The van der Waals surface area contributed by atoms with E-state index >= 15 is 0 Å². The van der Waals surface area contributed by atoms with Gasteiger partial charge in [0.15, 0.2) is 5.82 Å². The first-order chi connectivity index (χ1) is 10.7. The minimum Gasteiger partial charge on any atom is -0.396 e. The normalized spacial score (nSPS) is 18.5. The van der Waals surface area contributed by atoms with E-state index in [9.17, 15) is 8.78 Å². The van der Waals surface area contributed by atoms with Crippen LogP contribution in [0.1, 0.15) is 31.5 Å². The van der Waals surface area contributed by atoms with Crippen molar-refractivity contribution in [3.05, 3.63) is 30.1 Å². The fourth-order valence-corrected chi connectivity index (χ4v) is 3.06. The van der Waals surface area contributed by atoms with Crippen molar-refractivity contribution in [2.45, 2.75) is 25.7 Å². The Bertz CT molecular complexity index is 650. The van der Waals surface area contributed by atoms with E-state index in [1.807, 2.05) is 12.1 Å². The molecule has 0 aliphatic carbocycles. The third-order valence-corrected chi connectivity index (χ3v) is 4.15. The van der Waals surface area contributed by atoms with Gasteiger partial charge in [-0.05, 0) is 37.3 Å². The van der Waals surface area contributed by atoms with Crippen LogP contribution in [0.2, 0.25) is 0 Å². The third kappa shape index (κ3) is 3.02. The predicted octanol–water partition coefficient (Wildman–Crippen LogP) is 3.17. The Morgan fingerprint density at radius 1 is 1.27 bits per heavy atom. The van der Waals surface area contributed by atoms with Gasteiger partial charge in [0.25, 0.3) is 6.43 Å². The molecule has 6 heteroatoms. The second kappa shape index (κ2) is 6.52. The van der Waals surface area contributed by atoms with Gasteiger partial charge in [-0.2, -0.15) is 0 Å². The second-order valence-electron chi connectivity index (χ2n) is 5.69. The van der Waals surface area contributed by atoms with Gasteiger partial charge in [-0.25, -0.2) is 18.7 Å². The van der Waals surface area contributed by atoms with Crippen LogP contribution in [0.25, 0.3) is 10.9 Å². The highest BCUT2D eigenvalue weighted by atomic mass is 19.3. The highest BCUT2D eigenvalue weighted by Gasteiger charge is 2.26. The number of nitrogens with zero attached hydrogens (tertiary/aromatic N) is 3. The van der Waals surface area contributed by atoms with Crippen LogP contribution >= 0.6 is 0 Å². The van der Waals surface area contributed by atoms with Crippen LogP contribution in [0.15, 0.2) is 24.3 Å². The van der Waals surface area contributed by atoms with Crippen LogP contribution in [-0.2, 0) is 0 Å².